The van der Waals surface area contributed by atoms with Gasteiger partial charge in [0.15, 0.2) is 11.6 Å². The minimum Gasteiger partial charge on any atom is -0.307 e. The highest BCUT2D eigenvalue weighted by molar-refractivity contribution is 7.10. The molecule has 2 aromatic heterocycles. The van der Waals surface area contributed by atoms with Crippen LogP contribution in [0.1, 0.15) is 16.1 Å². The van der Waals surface area contributed by atoms with Crippen LogP contribution in [0.25, 0.3) is 6.08 Å². The molecule has 28 heavy (non-hydrogen) atoms. The number of nitrogens with zero attached hydrogens (tertiary/aromatic N) is 2. The molecule has 0 saturated carbocycles. The summed E-state index contributed by atoms with van der Waals surface area (Å²) < 4.78 is 0. The Morgan fingerprint density at radius 1 is 1.11 bits per heavy atom. The summed E-state index contributed by atoms with van der Waals surface area (Å²) >= 11 is 13.7. The predicted molar refractivity (Wildman–Crippen MR) is 116 cm³/mol. The highest BCUT2D eigenvalue weighted by Gasteiger charge is 2.04. The minimum absolute atomic E-state index is 0.121. The van der Waals surface area contributed by atoms with E-state index in [4.69, 9.17) is 23.2 Å². The van der Waals surface area contributed by atoms with E-state index in [2.05, 4.69) is 21.0 Å². The highest BCUT2D eigenvalue weighted by Crippen LogP contribution is 2.22. The molecule has 1 aromatic carbocycles. The van der Waals surface area contributed by atoms with Gasteiger partial charge >= 0.3 is 0 Å². The van der Waals surface area contributed by atoms with Crippen molar-refractivity contribution in [1.29, 1.82) is 0 Å². The molecule has 0 unspecified atom stereocenters. The van der Waals surface area contributed by atoms with Crippen molar-refractivity contribution in [3.63, 3.8) is 0 Å². The Morgan fingerprint density at radius 2 is 2.00 bits per heavy atom. The normalized spacial score (nSPS) is 11.2. The molecule has 0 aliphatic heterocycles. The van der Waals surface area contributed by atoms with Gasteiger partial charge in [0, 0.05) is 33.6 Å². The number of thiophene rings is 1. The van der Waals surface area contributed by atoms with Crippen LogP contribution < -0.4 is 10.9 Å². The lowest BCUT2D eigenvalue weighted by Crippen LogP contribution is -2.16. The van der Waals surface area contributed by atoms with Gasteiger partial charge in [-0.3, -0.25) is 10.2 Å². The second-order valence-corrected chi connectivity index (χ2v) is 7.50. The molecule has 5 nitrogen and oxygen atoms in total. The largest absolute Gasteiger partial charge is 0.307 e. The standard InChI is InChI=1S/C20H16Cl2N4OS/c21-15-4-3-14(19(22)13-15)12-16-5-8-20(26-24-16)25-23-10-9-17(27)6-7-18-2-1-11-28-18/h1-11,13,23H,12H2,(H,25,26)/b7-6-,10-9+. The van der Waals surface area contributed by atoms with Gasteiger partial charge in [-0.1, -0.05) is 35.3 Å². The maximum Gasteiger partial charge on any atom is 0.180 e. The topological polar surface area (TPSA) is 66.9 Å². The molecular formula is C20H16Cl2N4OS. The molecule has 0 bridgehead atoms. The van der Waals surface area contributed by atoms with Gasteiger partial charge in [0.2, 0.25) is 0 Å². The minimum atomic E-state index is -0.121. The first-order valence-electron chi connectivity index (χ1n) is 8.30. The summed E-state index contributed by atoms with van der Waals surface area (Å²) in [7, 11) is 0. The fourth-order valence-electron chi connectivity index (χ4n) is 2.23. The zero-order valence-electron chi connectivity index (χ0n) is 14.6. The molecule has 0 aliphatic rings. The predicted octanol–water partition coefficient (Wildman–Crippen LogP) is 5.15. The second kappa shape index (κ2) is 10.0. The van der Waals surface area contributed by atoms with Crippen LogP contribution in [0.15, 0.2) is 66.2 Å². The van der Waals surface area contributed by atoms with Gasteiger partial charge in [0.1, 0.15) is 0 Å². The molecule has 0 atom stereocenters. The second-order valence-electron chi connectivity index (χ2n) is 5.68. The van der Waals surface area contributed by atoms with E-state index in [1.165, 1.54) is 18.4 Å². The molecule has 3 aromatic rings. The fraction of sp³-hybridized carbons (Fsp3) is 0.0500. The lowest BCUT2D eigenvalue weighted by Gasteiger charge is -2.06. The van der Waals surface area contributed by atoms with Crippen LogP contribution >= 0.6 is 34.5 Å². The number of carbonyl (C=O) groups is 1. The molecule has 8 heteroatoms. The first-order chi connectivity index (χ1) is 13.6. The van der Waals surface area contributed by atoms with Crippen LogP contribution in [-0.4, -0.2) is 16.0 Å². The van der Waals surface area contributed by atoms with Crippen LogP contribution in [0.5, 0.6) is 0 Å². The quantitative estimate of drug-likeness (QED) is 0.382. The van der Waals surface area contributed by atoms with E-state index in [0.29, 0.717) is 22.3 Å². The summed E-state index contributed by atoms with van der Waals surface area (Å²) in [6, 6.07) is 12.9. The fourth-order valence-corrected chi connectivity index (χ4v) is 3.32. The Hall–Kier alpha value is -2.67. The van der Waals surface area contributed by atoms with Gasteiger partial charge in [-0.2, -0.15) is 5.10 Å². The molecule has 3 rings (SSSR count). The monoisotopic (exact) mass is 430 g/mol. The van der Waals surface area contributed by atoms with Crippen molar-refractivity contribution in [2.75, 3.05) is 5.43 Å². The number of carbonyl (C=O) groups excluding carboxylic acids is 1. The van der Waals surface area contributed by atoms with Crippen LogP contribution in [0.4, 0.5) is 5.82 Å². The van der Waals surface area contributed by atoms with Crippen LogP contribution in [0.2, 0.25) is 10.0 Å². The van der Waals surface area contributed by atoms with E-state index in [-0.39, 0.29) is 5.78 Å². The molecule has 0 amide bonds. The number of halogens is 2. The van der Waals surface area contributed by atoms with E-state index in [0.717, 1.165) is 16.1 Å². The Kier molecular flexibility index (Phi) is 7.19. The maximum absolute atomic E-state index is 11.7. The van der Waals surface area contributed by atoms with Crippen molar-refractivity contribution in [3.05, 3.63) is 92.4 Å². The van der Waals surface area contributed by atoms with Crippen molar-refractivity contribution >= 4 is 52.2 Å². The first kappa shape index (κ1) is 20.1. The van der Waals surface area contributed by atoms with E-state index >= 15 is 0 Å². The number of nitrogens with one attached hydrogen (secondary N) is 2. The van der Waals surface area contributed by atoms with Gasteiger partial charge in [0.25, 0.3) is 0 Å². The number of hydrogen-bond donors (Lipinski definition) is 2. The third-order valence-corrected chi connectivity index (χ3v) is 5.02. The summed E-state index contributed by atoms with van der Waals surface area (Å²) in [5, 5.41) is 11.4. The average Bonchev–Trinajstić information content (AvgIpc) is 3.21. The van der Waals surface area contributed by atoms with Crippen LogP contribution in [0, 0.1) is 0 Å². The Morgan fingerprint density at radius 3 is 2.71 bits per heavy atom. The van der Waals surface area contributed by atoms with Crippen LogP contribution in [-0.2, 0) is 11.2 Å². The molecule has 0 fully saturated rings. The highest BCUT2D eigenvalue weighted by atomic mass is 35.5. The van der Waals surface area contributed by atoms with E-state index in [9.17, 15) is 4.79 Å². The Bertz CT molecular complexity index is 986. The van der Waals surface area contributed by atoms with Crippen LogP contribution in [0.3, 0.4) is 0 Å². The Labute approximate surface area is 176 Å². The number of benzene rings is 1. The summed E-state index contributed by atoms with van der Waals surface area (Å²) in [5.41, 5.74) is 7.34. The van der Waals surface area contributed by atoms with Gasteiger partial charge in [0.05, 0.1) is 5.69 Å². The number of allylic oxidation sites excluding steroid dienone is 2. The summed E-state index contributed by atoms with van der Waals surface area (Å²) in [4.78, 5) is 12.8. The number of hydrazine groups is 1. The van der Waals surface area contributed by atoms with Crippen molar-refractivity contribution in [1.82, 2.24) is 15.6 Å². The summed E-state index contributed by atoms with van der Waals surface area (Å²) in [6.45, 7) is 0. The lowest BCUT2D eigenvalue weighted by atomic mass is 10.1. The van der Waals surface area contributed by atoms with Crippen molar-refractivity contribution in [2.24, 2.45) is 0 Å². The number of hydrogen-bond acceptors (Lipinski definition) is 6. The molecule has 0 aliphatic carbocycles. The van der Waals surface area contributed by atoms with E-state index in [1.54, 1.807) is 35.6 Å². The number of rotatable bonds is 8. The van der Waals surface area contributed by atoms with Crippen molar-refractivity contribution in [3.8, 4) is 0 Å². The Balaban J connectivity index is 1.47. The van der Waals surface area contributed by atoms with Gasteiger partial charge in [-0.15, -0.1) is 16.4 Å². The maximum atomic E-state index is 11.7. The summed E-state index contributed by atoms with van der Waals surface area (Å²) in [6.07, 6.45) is 6.77. The third kappa shape index (κ3) is 6.20. The number of aromatic nitrogens is 2. The first-order valence-corrected chi connectivity index (χ1v) is 9.94. The van der Waals surface area contributed by atoms with E-state index < -0.39 is 0 Å². The lowest BCUT2D eigenvalue weighted by molar-refractivity contribution is -0.110. The number of anilines is 1. The molecule has 2 heterocycles. The molecule has 0 spiro atoms. The smallest absolute Gasteiger partial charge is 0.180 e. The van der Waals surface area contributed by atoms with Crippen molar-refractivity contribution < 1.29 is 4.79 Å². The van der Waals surface area contributed by atoms with Gasteiger partial charge in [-0.25, -0.2) is 0 Å². The molecular weight excluding hydrogens is 415 g/mol. The third-order valence-electron chi connectivity index (χ3n) is 3.59. The van der Waals surface area contributed by atoms with Gasteiger partial charge < -0.3 is 5.43 Å². The molecule has 0 saturated heterocycles. The summed E-state index contributed by atoms with van der Waals surface area (Å²) in [5.74, 6) is 0.404. The van der Waals surface area contributed by atoms with Gasteiger partial charge in [-0.05, 0) is 53.4 Å². The zero-order valence-corrected chi connectivity index (χ0v) is 16.9. The number of ketones is 1. The van der Waals surface area contributed by atoms with Crippen molar-refractivity contribution in [2.45, 2.75) is 6.42 Å². The molecule has 0 radical (unpaired) electrons. The average molecular weight is 431 g/mol. The molecule has 142 valence electrons. The molecule has 2 N–H and O–H groups in total. The van der Waals surface area contributed by atoms with E-state index in [1.807, 2.05) is 29.6 Å². The zero-order chi connectivity index (χ0) is 19.8. The SMILES string of the molecule is O=C(/C=C\c1cccs1)/C=C/NNc1ccc(Cc2ccc(Cl)cc2Cl)nn1.